The maximum atomic E-state index is 5.38. The molecule has 0 amide bonds. The summed E-state index contributed by atoms with van der Waals surface area (Å²) in [5.74, 6) is 0. The molecule has 2 heteroatoms. The fourth-order valence-corrected chi connectivity index (χ4v) is 2.60. The second-order valence-corrected chi connectivity index (χ2v) is 6.14. The first-order valence-electron chi connectivity index (χ1n) is 9.47. The highest BCUT2D eigenvalue weighted by Gasteiger charge is 1.91. The van der Waals surface area contributed by atoms with Crippen LogP contribution in [0.15, 0.2) is 12.2 Å². The van der Waals surface area contributed by atoms with Gasteiger partial charge in [0.15, 0.2) is 0 Å². The van der Waals surface area contributed by atoms with E-state index in [-0.39, 0.29) is 0 Å². The van der Waals surface area contributed by atoms with Crippen LogP contribution in [0, 0.1) is 0 Å². The Labute approximate surface area is 134 Å². The molecule has 2 nitrogen and oxygen atoms in total. The molecule has 0 atom stereocenters. The summed E-state index contributed by atoms with van der Waals surface area (Å²) in [6.45, 7) is 3.98. The van der Waals surface area contributed by atoms with E-state index in [1.165, 1.54) is 89.9 Å². The molecule has 3 N–H and O–H groups in total. The molecule has 0 unspecified atom stereocenters. The van der Waals surface area contributed by atoms with Crippen LogP contribution in [-0.2, 0) is 0 Å². The molecule has 0 saturated carbocycles. The number of hydrogen-bond donors (Lipinski definition) is 2. The highest BCUT2D eigenvalue weighted by Crippen LogP contribution is 2.09. The van der Waals surface area contributed by atoms with Gasteiger partial charge in [-0.1, -0.05) is 76.9 Å². The number of allylic oxidation sites excluding steroid dienone is 2. The van der Waals surface area contributed by atoms with E-state index in [0.717, 1.165) is 6.54 Å². The highest BCUT2D eigenvalue weighted by molar-refractivity contribution is 4.81. The van der Waals surface area contributed by atoms with Gasteiger partial charge in [-0.15, -0.1) is 0 Å². The summed E-state index contributed by atoms with van der Waals surface area (Å²) in [5, 5.41) is 3.17. The van der Waals surface area contributed by atoms with Crippen molar-refractivity contribution in [1.29, 1.82) is 0 Å². The molecule has 126 valence electrons. The van der Waals surface area contributed by atoms with Crippen LogP contribution in [0.1, 0.15) is 96.8 Å². The second kappa shape index (κ2) is 19.7. The Hall–Kier alpha value is -0.340. The van der Waals surface area contributed by atoms with Gasteiger partial charge < -0.3 is 11.1 Å². The van der Waals surface area contributed by atoms with Crippen molar-refractivity contribution < 1.29 is 0 Å². The lowest BCUT2D eigenvalue weighted by Gasteiger charge is -2.01. The van der Waals surface area contributed by atoms with Gasteiger partial charge in [0.2, 0.25) is 0 Å². The molecule has 0 saturated heterocycles. The average molecular weight is 297 g/mol. The number of nitrogens with one attached hydrogen (secondary N) is 1. The minimum absolute atomic E-state index is 0.616. The zero-order valence-corrected chi connectivity index (χ0v) is 14.5. The van der Waals surface area contributed by atoms with E-state index in [4.69, 9.17) is 5.73 Å². The fourth-order valence-electron chi connectivity index (χ4n) is 2.60. The van der Waals surface area contributed by atoms with E-state index in [0.29, 0.717) is 6.67 Å². The van der Waals surface area contributed by atoms with Gasteiger partial charge in [0.1, 0.15) is 0 Å². The molecule has 0 heterocycles. The zero-order chi connectivity index (χ0) is 15.4. The third-order valence-corrected chi connectivity index (χ3v) is 4.01. The topological polar surface area (TPSA) is 38.0 Å². The quantitative estimate of drug-likeness (QED) is 0.210. The van der Waals surface area contributed by atoms with Crippen LogP contribution in [0.4, 0.5) is 0 Å². The van der Waals surface area contributed by atoms with Crippen LogP contribution < -0.4 is 11.1 Å². The van der Waals surface area contributed by atoms with Crippen molar-refractivity contribution >= 4 is 0 Å². The number of rotatable bonds is 17. The van der Waals surface area contributed by atoms with Crippen LogP contribution in [-0.4, -0.2) is 13.2 Å². The predicted molar refractivity (Wildman–Crippen MR) is 96.5 cm³/mol. The minimum atomic E-state index is 0.616. The van der Waals surface area contributed by atoms with Crippen molar-refractivity contribution in [3.63, 3.8) is 0 Å². The summed E-state index contributed by atoms with van der Waals surface area (Å²) in [5.41, 5.74) is 5.38. The first-order valence-corrected chi connectivity index (χ1v) is 9.47. The minimum Gasteiger partial charge on any atom is -0.318 e. The molecule has 0 radical (unpaired) electrons. The standard InChI is InChI=1S/C19H40N2/c1-2-3-4-5-6-7-8-9-10-11-12-13-14-15-16-17-18-21-19-20/h9-10,21H,2-8,11-20H2,1H3/b10-9-. The summed E-state index contributed by atoms with van der Waals surface area (Å²) in [6, 6.07) is 0. The Balaban J connectivity index is 3.02. The number of hydrogen-bond acceptors (Lipinski definition) is 2. The largest absolute Gasteiger partial charge is 0.318 e. The van der Waals surface area contributed by atoms with Gasteiger partial charge in [-0.05, 0) is 38.6 Å². The van der Waals surface area contributed by atoms with Gasteiger partial charge in [0.25, 0.3) is 0 Å². The maximum absolute atomic E-state index is 5.38. The van der Waals surface area contributed by atoms with Crippen molar-refractivity contribution in [3.8, 4) is 0 Å². The Morgan fingerprint density at radius 1 is 0.667 bits per heavy atom. The van der Waals surface area contributed by atoms with E-state index < -0.39 is 0 Å². The van der Waals surface area contributed by atoms with Gasteiger partial charge in [-0.3, -0.25) is 0 Å². The molecule has 0 aromatic rings. The Morgan fingerprint density at radius 2 is 1.14 bits per heavy atom. The molecule has 0 aliphatic heterocycles. The predicted octanol–water partition coefficient (Wildman–Crippen LogP) is 5.53. The van der Waals surface area contributed by atoms with E-state index >= 15 is 0 Å². The lowest BCUT2D eigenvalue weighted by molar-refractivity contribution is 0.570. The Morgan fingerprint density at radius 3 is 1.67 bits per heavy atom. The van der Waals surface area contributed by atoms with Crippen LogP contribution in [0.5, 0.6) is 0 Å². The third kappa shape index (κ3) is 19.7. The van der Waals surface area contributed by atoms with Crippen molar-refractivity contribution in [2.75, 3.05) is 13.2 Å². The number of nitrogens with two attached hydrogens (primary N) is 1. The monoisotopic (exact) mass is 296 g/mol. The summed E-state index contributed by atoms with van der Waals surface area (Å²) in [4.78, 5) is 0. The van der Waals surface area contributed by atoms with Crippen LogP contribution >= 0.6 is 0 Å². The lowest BCUT2D eigenvalue weighted by Crippen LogP contribution is -2.23. The van der Waals surface area contributed by atoms with E-state index in [2.05, 4.69) is 24.4 Å². The molecule has 0 aromatic heterocycles. The van der Waals surface area contributed by atoms with Crippen LogP contribution in [0.2, 0.25) is 0 Å². The molecule has 21 heavy (non-hydrogen) atoms. The van der Waals surface area contributed by atoms with Crippen molar-refractivity contribution in [3.05, 3.63) is 12.2 Å². The normalized spacial score (nSPS) is 11.5. The maximum Gasteiger partial charge on any atom is 0.0428 e. The van der Waals surface area contributed by atoms with Gasteiger partial charge in [0.05, 0.1) is 0 Å². The van der Waals surface area contributed by atoms with E-state index in [1.807, 2.05) is 0 Å². The third-order valence-electron chi connectivity index (χ3n) is 4.01. The van der Waals surface area contributed by atoms with Crippen molar-refractivity contribution in [1.82, 2.24) is 5.32 Å². The van der Waals surface area contributed by atoms with Gasteiger partial charge >= 0.3 is 0 Å². The van der Waals surface area contributed by atoms with Gasteiger partial charge in [-0.2, -0.15) is 0 Å². The Bertz CT molecular complexity index is 202. The van der Waals surface area contributed by atoms with Crippen molar-refractivity contribution in [2.24, 2.45) is 5.73 Å². The molecule has 0 spiro atoms. The molecule has 0 bridgehead atoms. The molecule has 0 aromatic carbocycles. The number of unbranched alkanes of at least 4 members (excludes halogenated alkanes) is 12. The van der Waals surface area contributed by atoms with Crippen LogP contribution in [0.3, 0.4) is 0 Å². The molecular weight excluding hydrogens is 256 g/mol. The van der Waals surface area contributed by atoms with Crippen LogP contribution in [0.25, 0.3) is 0 Å². The zero-order valence-electron chi connectivity index (χ0n) is 14.5. The summed E-state index contributed by atoms with van der Waals surface area (Å²) < 4.78 is 0. The molecular formula is C19H40N2. The summed E-state index contributed by atoms with van der Waals surface area (Å²) in [7, 11) is 0. The Kier molecular flexibility index (Phi) is 19.3. The molecule has 0 aliphatic rings. The summed E-state index contributed by atoms with van der Waals surface area (Å²) >= 11 is 0. The van der Waals surface area contributed by atoms with E-state index in [9.17, 15) is 0 Å². The van der Waals surface area contributed by atoms with Gasteiger partial charge in [0, 0.05) is 6.67 Å². The SMILES string of the molecule is CCCCCCCC/C=C\CCCCCCCCNCN. The smallest absolute Gasteiger partial charge is 0.0428 e. The molecule has 0 fully saturated rings. The summed E-state index contributed by atoms with van der Waals surface area (Å²) in [6.07, 6.45) is 24.0. The van der Waals surface area contributed by atoms with E-state index in [1.54, 1.807) is 0 Å². The molecule has 0 aliphatic carbocycles. The molecule has 0 rings (SSSR count). The average Bonchev–Trinajstić information content (AvgIpc) is 2.50. The first-order chi connectivity index (χ1) is 10.4. The van der Waals surface area contributed by atoms with Gasteiger partial charge in [-0.25, -0.2) is 0 Å². The fraction of sp³-hybridized carbons (Fsp3) is 0.895. The highest BCUT2D eigenvalue weighted by atomic mass is 14.9. The van der Waals surface area contributed by atoms with Crippen molar-refractivity contribution in [2.45, 2.75) is 96.8 Å². The lowest BCUT2D eigenvalue weighted by atomic mass is 10.1. The first kappa shape index (κ1) is 20.7. The second-order valence-electron chi connectivity index (χ2n) is 6.14.